The second-order valence-electron chi connectivity index (χ2n) is 12.6. The van der Waals surface area contributed by atoms with Crippen LogP contribution in [0.1, 0.15) is 87.1 Å². The third-order valence-corrected chi connectivity index (χ3v) is 9.91. The van der Waals surface area contributed by atoms with Crippen molar-refractivity contribution in [2.24, 2.45) is 5.92 Å². The van der Waals surface area contributed by atoms with Crippen LogP contribution >= 0.6 is 0 Å². The molecule has 1 amide bonds. The number of hydrogen-bond acceptors (Lipinski definition) is 5. The SMILES string of the molecule is C[C@@H](NC(=O)c1c(CN2CCC(N3CCCCC3)CC2)c(-c2ccccc2)nc2cc(O)ccc12)C1CCCCC1. The molecule has 1 atom stereocenters. The highest BCUT2D eigenvalue weighted by Gasteiger charge is 2.30. The fourth-order valence-corrected chi connectivity index (χ4v) is 7.52. The Balaban J connectivity index is 1.35. The molecule has 41 heavy (non-hydrogen) atoms. The van der Waals surface area contributed by atoms with Gasteiger partial charge >= 0.3 is 0 Å². The predicted octanol–water partition coefficient (Wildman–Crippen LogP) is 6.76. The van der Waals surface area contributed by atoms with Crippen LogP contribution in [0.3, 0.4) is 0 Å². The number of nitrogens with zero attached hydrogens (tertiary/aromatic N) is 3. The van der Waals surface area contributed by atoms with E-state index in [2.05, 4.69) is 34.2 Å². The predicted molar refractivity (Wildman–Crippen MR) is 166 cm³/mol. The van der Waals surface area contributed by atoms with Crippen LogP contribution < -0.4 is 5.32 Å². The summed E-state index contributed by atoms with van der Waals surface area (Å²) in [6.45, 7) is 7.42. The number of benzene rings is 2. The molecule has 3 aliphatic rings. The van der Waals surface area contributed by atoms with Crippen molar-refractivity contribution in [2.75, 3.05) is 26.2 Å². The van der Waals surface area contributed by atoms with Crippen molar-refractivity contribution >= 4 is 16.8 Å². The van der Waals surface area contributed by atoms with E-state index in [1.807, 2.05) is 24.3 Å². The second-order valence-corrected chi connectivity index (χ2v) is 12.6. The number of phenols is 1. The molecule has 0 unspecified atom stereocenters. The summed E-state index contributed by atoms with van der Waals surface area (Å²) in [5, 5.41) is 14.6. The van der Waals surface area contributed by atoms with Crippen molar-refractivity contribution < 1.29 is 9.90 Å². The van der Waals surface area contributed by atoms with Crippen molar-refractivity contribution in [2.45, 2.75) is 89.8 Å². The summed E-state index contributed by atoms with van der Waals surface area (Å²) in [6.07, 6.45) is 12.5. The molecule has 0 spiro atoms. The molecule has 3 aromatic rings. The molecule has 0 bridgehead atoms. The van der Waals surface area contributed by atoms with Crippen molar-refractivity contribution in [3.8, 4) is 17.0 Å². The highest BCUT2D eigenvalue weighted by atomic mass is 16.3. The molecular weight excluding hydrogens is 508 g/mol. The van der Waals surface area contributed by atoms with Gasteiger partial charge in [0.2, 0.25) is 0 Å². The van der Waals surface area contributed by atoms with Crippen LogP contribution in [-0.2, 0) is 6.54 Å². The first-order chi connectivity index (χ1) is 20.1. The lowest BCUT2D eigenvalue weighted by Crippen LogP contribution is -2.46. The first-order valence-electron chi connectivity index (χ1n) is 16.0. The summed E-state index contributed by atoms with van der Waals surface area (Å²) in [4.78, 5) is 24.6. The summed E-state index contributed by atoms with van der Waals surface area (Å²) in [5.74, 6) is 0.672. The summed E-state index contributed by atoms with van der Waals surface area (Å²) in [7, 11) is 0. The molecule has 2 N–H and O–H groups in total. The minimum Gasteiger partial charge on any atom is -0.508 e. The number of carbonyl (C=O) groups excluding carboxylic acids is 1. The number of nitrogens with one attached hydrogen (secondary N) is 1. The zero-order chi connectivity index (χ0) is 28.2. The first-order valence-corrected chi connectivity index (χ1v) is 16.0. The molecule has 0 radical (unpaired) electrons. The monoisotopic (exact) mass is 554 g/mol. The summed E-state index contributed by atoms with van der Waals surface area (Å²) in [5.41, 5.74) is 4.23. The number of fused-ring (bicyclic) bond motifs is 1. The average Bonchev–Trinajstić information content (AvgIpc) is 3.02. The van der Waals surface area contributed by atoms with Crippen molar-refractivity contribution in [3.63, 3.8) is 0 Å². The zero-order valence-corrected chi connectivity index (χ0v) is 24.7. The van der Waals surface area contributed by atoms with Gasteiger partial charge in [0.05, 0.1) is 16.8 Å². The molecule has 6 rings (SSSR count). The summed E-state index contributed by atoms with van der Waals surface area (Å²) >= 11 is 0. The van der Waals surface area contributed by atoms with Gasteiger partial charge in [-0.2, -0.15) is 0 Å². The van der Waals surface area contributed by atoms with Gasteiger partial charge in [-0.1, -0.05) is 56.0 Å². The van der Waals surface area contributed by atoms with Gasteiger partial charge in [0.1, 0.15) is 5.75 Å². The number of phenolic OH excluding ortho intramolecular Hbond substituents is 1. The Bertz CT molecular complexity index is 1320. The van der Waals surface area contributed by atoms with Crippen LogP contribution in [0, 0.1) is 5.92 Å². The van der Waals surface area contributed by atoms with Gasteiger partial charge < -0.3 is 15.3 Å². The molecule has 2 saturated heterocycles. The van der Waals surface area contributed by atoms with Crippen LogP contribution in [-0.4, -0.2) is 64.1 Å². The van der Waals surface area contributed by atoms with Gasteiger partial charge in [-0.25, -0.2) is 4.98 Å². The lowest BCUT2D eigenvalue weighted by atomic mass is 9.84. The van der Waals surface area contributed by atoms with Crippen LogP contribution in [0.5, 0.6) is 5.75 Å². The van der Waals surface area contributed by atoms with E-state index in [1.165, 1.54) is 77.3 Å². The first kappa shape index (κ1) is 28.2. The summed E-state index contributed by atoms with van der Waals surface area (Å²) < 4.78 is 0. The minimum atomic E-state index is -0.0171. The Kier molecular flexibility index (Phi) is 8.87. The van der Waals surface area contributed by atoms with E-state index >= 15 is 0 Å². The second kappa shape index (κ2) is 12.9. The van der Waals surface area contributed by atoms with Crippen LogP contribution in [0.15, 0.2) is 48.5 Å². The number of carbonyl (C=O) groups is 1. The normalized spacial score (nSPS) is 20.7. The number of aromatic hydroxyl groups is 1. The van der Waals surface area contributed by atoms with E-state index in [-0.39, 0.29) is 17.7 Å². The Labute approximate surface area is 245 Å². The molecule has 2 aromatic carbocycles. The molecule has 1 aliphatic carbocycles. The van der Waals surface area contributed by atoms with Crippen LogP contribution in [0.4, 0.5) is 0 Å². The van der Waals surface area contributed by atoms with Gasteiger partial charge in [0, 0.05) is 41.2 Å². The summed E-state index contributed by atoms with van der Waals surface area (Å²) in [6, 6.07) is 16.3. The lowest BCUT2D eigenvalue weighted by molar-refractivity contribution is 0.0878. The fourth-order valence-electron chi connectivity index (χ4n) is 7.52. The van der Waals surface area contributed by atoms with E-state index < -0.39 is 0 Å². The van der Waals surface area contributed by atoms with Crippen LogP contribution in [0.25, 0.3) is 22.2 Å². The van der Waals surface area contributed by atoms with Gasteiger partial charge in [-0.3, -0.25) is 9.69 Å². The highest BCUT2D eigenvalue weighted by molar-refractivity contribution is 6.09. The van der Waals surface area contributed by atoms with Gasteiger partial charge in [0.25, 0.3) is 5.91 Å². The molecule has 6 heteroatoms. The van der Waals surface area contributed by atoms with E-state index in [1.54, 1.807) is 12.1 Å². The molecule has 3 heterocycles. The topological polar surface area (TPSA) is 68.7 Å². The lowest BCUT2D eigenvalue weighted by Gasteiger charge is -2.40. The maximum atomic E-state index is 14.3. The molecule has 1 saturated carbocycles. The Hall–Kier alpha value is -2.96. The number of rotatable bonds is 7. The molecule has 6 nitrogen and oxygen atoms in total. The van der Waals surface area contributed by atoms with Crippen molar-refractivity contribution in [1.82, 2.24) is 20.1 Å². The molecule has 3 fully saturated rings. The number of hydrogen-bond donors (Lipinski definition) is 2. The largest absolute Gasteiger partial charge is 0.508 e. The third-order valence-electron chi connectivity index (χ3n) is 9.91. The fraction of sp³-hybridized carbons (Fsp3) is 0.543. The van der Waals surface area contributed by atoms with Crippen molar-refractivity contribution in [1.29, 1.82) is 0 Å². The maximum Gasteiger partial charge on any atom is 0.252 e. The number of amides is 1. The highest BCUT2D eigenvalue weighted by Crippen LogP contribution is 2.34. The molecule has 218 valence electrons. The van der Waals surface area contributed by atoms with Gasteiger partial charge in [-0.15, -0.1) is 0 Å². The van der Waals surface area contributed by atoms with Gasteiger partial charge in [-0.05, 0) is 89.7 Å². The average molecular weight is 555 g/mol. The van der Waals surface area contributed by atoms with Crippen molar-refractivity contribution in [3.05, 3.63) is 59.7 Å². The number of likely N-dealkylation sites (tertiary alicyclic amines) is 2. The standard InChI is InChI=1S/C35H46N4O2/c1-25(26-11-5-2-6-12-26)36-35(41)33-30-16-15-29(40)23-32(30)37-34(27-13-7-3-8-14-27)31(33)24-38-21-17-28(18-22-38)39-19-9-4-10-20-39/h3,7-8,13-16,23,25-26,28,40H,2,4-6,9-12,17-22,24H2,1H3,(H,36,41)/t25-/m1/s1. The van der Waals surface area contributed by atoms with E-state index in [9.17, 15) is 9.90 Å². The van der Waals surface area contributed by atoms with Gasteiger partial charge in [0.15, 0.2) is 0 Å². The molecule has 2 aliphatic heterocycles. The van der Waals surface area contributed by atoms with Crippen LogP contribution in [0.2, 0.25) is 0 Å². The number of aromatic nitrogens is 1. The van der Waals surface area contributed by atoms with E-state index in [4.69, 9.17) is 4.98 Å². The van der Waals surface area contributed by atoms with E-state index in [0.29, 0.717) is 24.0 Å². The Morgan fingerprint density at radius 2 is 1.63 bits per heavy atom. The maximum absolute atomic E-state index is 14.3. The smallest absolute Gasteiger partial charge is 0.252 e. The molecule has 1 aromatic heterocycles. The Morgan fingerprint density at radius 3 is 2.37 bits per heavy atom. The number of piperidine rings is 2. The number of pyridine rings is 1. The zero-order valence-electron chi connectivity index (χ0n) is 24.7. The molecular formula is C35H46N4O2. The Morgan fingerprint density at radius 1 is 0.927 bits per heavy atom. The quantitative estimate of drug-likeness (QED) is 0.338. The minimum absolute atomic E-state index is 0.0171. The van der Waals surface area contributed by atoms with E-state index in [0.717, 1.165) is 40.9 Å². The third kappa shape index (κ3) is 6.44.